The zero-order valence-corrected chi connectivity index (χ0v) is 9.48. The molecule has 3 aromatic heterocycles. The van der Waals surface area contributed by atoms with Crippen LogP contribution in [0.25, 0.3) is 11.3 Å². The highest BCUT2D eigenvalue weighted by Crippen LogP contribution is 2.13. The van der Waals surface area contributed by atoms with Crippen molar-refractivity contribution in [2.75, 3.05) is 0 Å². The summed E-state index contributed by atoms with van der Waals surface area (Å²) in [7, 11) is 0. The van der Waals surface area contributed by atoms with Crippen molar-refractivity contribution in [3.63, 3.8) is 0 Å². The van der Waals surface area contributed by atoms with Crippen LogP contribution in [0.15, 0.2) is 30.7 Å². The Morgan fingerprint density at radius 1 is 1.33 bits per heavy atom. The molecule has 3 aromatic rings. The number of hydrogen-bond donors (Lipinski definition) is 1. The first kappa shape index (κ1) is 10.5. The van der Waals surface area contributed by atoms with Crippen molar-refractivity contribution < 1.29 is 9.90 Å². The van der Waals surface area contributed by atoms with Gasteiger partial charge in [-0.1, -0.05) is 0 Å². The Kier molecular flexibility index (Phi) is 2.12. The van der Waals surface area contributed by atoms with Crippen LogP contribution in [-0.2, 0) is 0 Å². The molecule has 0 aliphatic rings. The average molecular weight is 243 g/mol. The second-order valence-corrected chi connectivity index (χ2v) is 3.82. The fraction of sp³-hybridized carbons (Fsp3) is 0.0909. The van der Waals surface area contributed by atoms with E-state index in [0.29, 0.717) is 5.82 Å². The molecule has 0 fully saturated rings. The van der Waals surface area contributed by atoms with Gasteiger partial charge in [0, 0.05) is 18.6 Å². The summed E-state index contributed by atoms with van der Waals surface area (Å²) in [4.78, 5) is 15.0. The lowest BCUT2D eigenvalue weighted by atomic mass is 10.4. The second kappa shape index (κ2) is 3.66. The van der Waals surface area contributed by atoms with E-state index in [4.69, 9.17) is 5.11 Å². The molecule has 7 nitrogen and oxygen atoms in total. The zero-order valence-electron chi connectivity index (χ0n) is 9.48. The van der Waals surface area contributed by atoms with E-state index in [2.05, 4.69) is 15.2 Å². The first-order valence-electron chi connectivity index (χ1n) is 5.25. The molecule has 0 aliphatic carbocycles. The van der Waals surface area contributed by atoms with Crippen molar-refractivity contribution in [3.8, 4) is 5.82 Å². The lowest BCUT2D eigenvalue weighted by molar-refractivity contribution is 0.0690. The standard InChI is InChI=1S/C11H9N5O2/c1-7-6-9-10(12-3-5-15(9)13-7)16-4-2-8(14-16)11(17)18/h2-6H,1H3,(H,17,18). The summed E-state index contributed by atoms with van der Waals surface area (Å²) < 4.78 is 3.11. The molecule has 90 valence electrons. The third kappa shape index (κ3) is 1.53. The Morgan fingerprint density at radius 3 is 2.89 bits per heavy atom. The Bertz CT molecular complexity index is 743. The van der Waals surface area contributed by atoms with Gasteiger partial charge in [0.05, 0.1) is 5.69 Å². The number of aromatic nitrogens is 5. The summed E-state index contributed by atoms with van der Waals surface area (Å²) in [5.41, 5.74) is 1.61. The van der Waals surface area contributed by atoms with E-state index in [1.807, 2.05) is 13.0 Å². The summed E-state index contributed by atoms with van der Waals surface area (Å²) in [6, 6.07) is 3.29. The van der Waals surface area contributed by atoms with Gasteiger partial charge in [-0.05, 0) is 19.1 Å². The minimum atomic E-state index is -1.06. The first-order chi connectivity index (χ1) is 8.65. The minimum Gasteiger partial charge on any atom is -0.476 e. The number of aryl methyl sites for hydroxylation is 1. The number of hydrogen-bond acceptors (Lipinski definition) is 4. The van der Waals surface area contributed by atoms with E-state index in [9.17, 15) is 4.79 Å². The van der Waals surface area contributed by atoms with Gasteiger partial charge >= 0.3 is 5.97 Å². The third-order valence-corrected chi connectivity index (χ3v) is 2.52. The number of aromatic carboxylic acids is 1. The first-order valence-corrected chi connectivity index (χ1v) is 5.25. The van der Waals surface area contributed by atoms with E-state index < -0.39 is 5.97 Å². The summed E-state index contributed by atoms with van der Waals surface area (Å²) in [5, 5.41) is 17.1. The summed E-state index contributed by atoms with van der Waals surface area (Å²) in [5.74, 6) is -0.518. The van der Waals surface area contributed by atoms with Crippen molar-refractivity contribution in [2.24, 2.45) is 0 Å². The predicted molar refractivity (Wildman–Crippen MR) is 61.8 cm³/mol. The highest BCUT2D eigenvalue weighted by molar-refractivity contribution is 5.85. The smallest absolute Gasteiger partial charge is 0.356 e. The molecule has 0 aliphatic heterocycles. The number of carboxylic acids is 1. The van der Waals surface area contributed by atoms with Crippen LogP contribution in [0.3, 0.4) is 0 Å². The Morgan fingerprint density at radius 2 is 2.17 bits per heavy atom. The molecule has 0 amide bonds. The fourth-order valence-corrected chi connectivity index (χ4v) is 1.76. The Hall–Kier alpha value is -2.70. The van der Waals surface area contributed by atoms with E-state index in [-0.39, 0.29) is 5.69 Å². The quantitative estimate of drug-likeness (QED) is 0.723. The third-order valence-electron chi connectivity index (χ3n) is 2.52. The number of rotatable bonds is 2. The highest BCUT2D eigenvalue weighted by atomic mass is 16.4. The monoisotopic (exact) mass is 243 g/mol. The van der Waals surface area contributed by atoms with Gasteiger partial charge in [-0.25, -0.2) is 19.0 Å². The predicted octanol–water partition coefficient (Wildman–Crippen LogP) is 0.922. The average Bonchev–Trinajstić information content (AvgIpc) is 2.92. The van der Waals surface area contributed by atoms with Crippen LogP contribution in [0.2, 0.25) is 0 Å². The van der Waals surface area contributed by atoms with E-state index in [1.54, 1.807) is 23.1 Å². The topological polar surface area (TPSA) is 85.3 Å². The Labute approximate surface area is 101 Å². The second-order valence-electron chi connectivity index (χ2n) is 3.82. The molecule has 0 radical (unpaired) electrons. The van der Waals surface area contributed by atoms with Gasteiger partial charge in [0.15, 0.2) is 11.5 Å². The maximum absolute atomic E-state index is 10.8. The number of carboxylic acid groups (broad SMARTS) is 1. The van der Waals surface area contributed by atoms with E-state index in [0.717, 1.165) is 11.2 Å². The van der Waals surface area contributed by atoms with Crippen molar-refractivity contribution in [2.45, 2.75) is 6.92 Å². The van der Waals surface area contributed by atoms with Gasteiger partial charge in [-0.15, -0.1) is 0 Å². The molecular weight excluding hydrogens is 234 g/mol. The van der Waals surface area contributed by atoms with Crippen LogP contribution >= 0.6 is 0 Å². The van der Waals surface area contributed by atoms with Crippen molar-refractivity contribution in [3.05, 3.63) is 42.1 Å². The molecule has 18 heavy (non-hydrogen) atoms. The van der Waals surface area contributed by atoms with Crippen molar-refractivity contribution in [1.29, 1.82) is 0 Å². The number of fused-ring (bicyclic) bond motifs is 1. The molecule has 0 saturated carbocycles. The molecule has 1 N–H and O–H groups in total. The van der Waals surface area contributed by atoms with Crippen LogP contribution < -0.4 is 0 Å². The molecule has 0 saturated heterocycles. The van der Waals surface area contributed by atoms with Gasteiger partial charge in [0.2, 0.25) is 0 Å². The summed E-state index contributed by atoms with van der Waals surface area (Å²) >= 11 is 0. The van der Waals surface area contributed by atoms with Gasteiger partial charge < -0.3 is 5.11 Å². The number of carbonyl (C=O) groups is 1. The molecule has 0 bridgehead atoms. The molecule has 0 spiro atoms. The normalized spacial score (nSPS) is 10.9. The molecule has 0 aromatic carbocycles. The largest absolute Gasteiger partial charge is 0.476 e. The lowest BCUT2D eigenvalue weighted by Gasteiger charge is -2.01. The highest BCUT2D eigenvalue weighted by Gasteiger charge is 2.11. The van der Waals surface area contributed by atoms with Crippen molar-refractivity contribution >= 4 is 11.5 Å². The zero-order chi connectivity index (χ0) is 12.7. The summed E-state index contributed by atoms with van der Waals surface area (Å²) in [6.45, 7) is 1.88. The van der Waals surface area contributed by atoms with E-state index in [1.165, 1.54) is 10.7 Å². The minimum absolute atomic E-state index is 0.0185. The molecule has 3 rings (SSSR count). The van der Waals surface area contributed by atoms with Gasteiger partial charge in [-0.3, -0.25) is 0 Å². The van der Waals surface area contributed by atoms with Crippen LogP contribution in [0.5, 0.6) is 0 Å². The SMILES string of the molecule is Cc1cc2c(-n3ccc(C(=O)O)n3)nccn2n1. The van der Waals surface area contributed by atoms with Crippen LogP contribution in [0.1, 0.15) is 16.2 Å². The molecular formula is C11H9N5O2. The van der Waals surface area contributed by atoms with Crippen LogP contribution in [0, 0.1) is 6.92 Å². The van der Waals surface area contributed by atoms with Crippen LogP contribution in [-0.4, -0.2) is 35.5 Å². The molecule has 7 heteroatoms. The van der Waals surface area contributed by atoms with E-state index >= 15 is 0 Å². The molecule has 0 unspecified atom stereocenters. The van der Waals surface area contributed by atoms with Gasteiger partial charge in [-0.2, -0.15) is 10.2 Å². The Balaban J connectivity index is 2.21. The maximum Gasteiger partial charge on any atom is 0.356 e. The lowest BCUT2D eigenvalue weighted by Crippen LogP contribution is -2.04. The molecule has 0 atom stereocenters. The van der Waals surface area contributed by atoms with Crippen LogP contribution in [0.4, 0.5) is 0 Å². The molecule has 3 heterocycles. The van der Waals surface area contributed by atoms with Crippen molar-refractivity contribution in [1.82, 2.24) is 24.4 Å². The number of nitrogens with zero attached hydrogens (tertiary/aromatic N) is 5. The fourth-order valence-electron chi connectivity index (χ4n) is 1.76. The summed E-state index contributed by atoms with van der Waals surface area (Å²) in [6.07, 6.45) is 4.89. The maximum atomic E-state index is 10.8. The van der Waals surface area contributed by atoms with Gasteiger partial charge in [0.25, 0.3) is 0 Å². The van der Waals surface area contributed by atoms with Gasteiger partial charge in [0.1, 0.15) is 5.52 Å².